The summed E-state index contributed by atoms with van der Waals surface area (Å²) in [5.41, 5.74) is 13.5. The fourth-order valence-corrected chi connectivity index (χ4v) is 3.85. The Hall–Kier alpha value is -0.800. The van der Waals surface area contributed by atoms with E-state index in [2.05, 4.69) is 41.5 Å². The summed E-state index contributed by atoms with van der Waals surface area (Å²) in [6.07, 6.45) is -0.990. The minimum absolute atomic E-state index is 0. The van der Waals surface area contributed by atoms with Crippen molar-refractivity contribution in [2.75, 3.05) is 6.54 Å². The number of rotatable bonds is 7. The third kappa shape index (κ3) is 11.3. The van der Waals surface area contributed by atoms with Gasteiger partial charge in [-0.2, -0.15) is 0 Å². The smallest absolute Gasteiger partial charge is 0.168 e. The van der Waals surface area contributed by atoms with Crippen molar-refractivity contribution in [3.63, 3.8) is 0 Å². The highest BCUT2D eigenvalue weighted by Crippen LogP contribution is 2.63. The van der Waals surface area contributed by atoms with Crippen LogP contribution in [0, 0.1) is 0 Å². The third-order valence-corrected chi connectivity index (χ3v) is 6.94. The van der Waals surface area contributed by atoms with Gasteiger partial charge in [0.05, 0.1) is 19.6 Å². The Bertz CT molecular complexity index is 567. The second kappa shape index (κ2) is 16.0. The van der Waals surface area contributed by atoms with E-state index in [9.17, 15) is 23.8 Å². The normalized spacial score (nSPS) is 14.1. The first kappa shape index (κ1) is 37.9. The van der Waals surface area contributed by atoms with Gasteiger partial charge < -0.3 is 72.9 Å². The van der Waals surface area contributed by atoms with E-state index in [-0.39, 0.29) is 34.9 Å². The van der Waals surface area contributed by atoms with Crippen molar-refractivity contribution in [2.24, 2.45) is 0 Å². The quantitative estimate of drug-likeness (QED) is 0.246. The SMILES string of the molecule is O.O.O.O.[NH3+]CCC[C@](O)(P(=O)([O-])[O-])P(=O)([O-])O.[NH3+]Cc1cccc(C[NH3+])c1. The lowest BCUT2D eigenvalue weighted by Gasteiger charge is -2.49. The molecule has 0 bridgehead atoms. The first-order chi connectivity index (χ1) is 10.9. The van der Waals surface area contributed by atoms with Gasteiger partial charge in [-0.05, 0) is 26.5 Å². The van der Waals surface area contributed by atoms with Gasteiger partial charge in [-0.1, -0.05) is 18.2 Å². The molecule has 172 valence electrons. The number of benzene rings is 1. The molecule has 0 aliphatic rings. The minimum atomic E-state index is -5.84. The Morgan fingerprint density at radius 2 is 1.32 bits per heavy atom. The van der Waals surface area contributed by atoms with Crippen molar-refractivity contribution in [3.8, 4) is 0 Å². The molecule has 1 unspecified atom stereocenters. The van der Waals surface area contributed by atoms with Gasteiger partial charge in [0.2, 0.25) is 0 Å². The van der Waals surface area contributed by atoms with E-state index < -0.39 is 26.7 Å². The Kier molecular flexibility index (Phi) is 21.7. The molecule has 0 amide bonds. The molecule has 0 spiro atoms. The Morgan fingerprint density at radius 3 is 1.57 bits per heavy atom. The fourth-order valence-electron chi connectivity index (χ4n) is 1.74. The monoisotopic (exact) mass is 457 g/mol. The maximum absolute atomic E-state index is 10.5. The van der Waals surface area contributed by atoms with Gasteiger partial charge in [-0.3, -0.25) is 0 Å². The molecule has 16 heteroatoms. The molecule has 0 heterocycles. The van der Waals surface area contributed by atoms with Crippen LogP contribution >= 0.6 is 15.2 Å². The molecule has 1 aromatic rings. The summed E-state index contributed by atoms with van der Waals surface area (Å²) in [6, 6.07) is 8.39. The standard InChI is InChI=1S/C8H12N2.C4H13NO7P2.4H2O/c9-5-7-2-1-3-8(4-7)6-10;5-3-1-2-4(6,13(7,8)9)14(10,11)12;;;;/h1-4H,5-6,9-10H2;6H,1-3,5H2,(H2,7,8,9)(H2,10,11,12);4*1H2. The number of hydrogen-bond acceptors (Lipinski definition) is 6. The van der Waals surface area contributed by atoms with Gasteiger partial charge in [0, 0.05) is 11.1 Å². The van der Waals surface area contributed by atoms with Crippen LogP contribution in [0.4, 0.5) is 0 Å². The molecule has 28 heavy (non-hydrogen) atoms. The van der Waals surface area contributed by atoms with Crippen molar-refractivity contribution >= 4 is 15.2 Å². The maximum Gasteiger partial charge on any atom is 0.168 e. The molecule has 0 aliphatic carbocycles. The largest absolute Gasteiger partial charge is 0.808 e. The zero-order valence-corrected chi connectivity index (χ0v) is 17.1. The third-order valence-electron chi connectivity index (χ3n) is 3.22. The molecular formula is C12H33N3O11P2. The van der Waals surface area contributed by atoms with Crippen LogP contribution in [-0.4, -0.2) is 43.5 Å². The van der Waals surface area contributed by atoms with E-state index in [0.717, 1.165) is 13.1 Å². The average molecular weight is 457 g/mol. The first-order valence-corrected chi connectivity index (χ1v) is 10.3. The van der Waals surface area contributed by atoms with E-state index in [1.807, 2.05) is 0 Å². The summed E-state index contributed by atoms with van der Waals surface area (Å²) in [5.74, 6) is 0. The predicted octanol–water partition coefficient (Wildman–Crippen LogP) is -8.01. The molecule has 0 radical (unpaired) electrons. The second-order valence-corrected chi connectivity index (χ2v) is 8.94. The van der Waals surface area contributed by atoms with Crippen molar-refractivity contribution in [2.45, 2.75) is 31.0 Å². The molecule has 1 rings (SSSR count). The number of hydrogen-bond donors (Lipinski definition) is 5. The van der Waals surface area contributed by atoms with Crippen molar-refractivity contribution < 1.29 is 72.9 Å². The average Bonchev–Trinajstić information content (AvgIpc) is 2.51. The Morgan fingerprint density at radius 1 is 0.929 bits per heavy atom. The van der Waals surface area contributed by atoms with Crippen LogP contribution in [-0.2, 0) is 22.2 Å². The van der Waals surface area contributed by atoms with Gasteiger partial charge in [-0.25, -0.2) is 0 Å². The van der Waals surface area contributed by atoms with Crippen molar-refractivity contribution in [1.29, 1.82) is 0 Å². The van der Waals surface area contributed by atoms with E-state index in [1.165, 1.54) is 11.1 Å². The van der Waals surface area contributed by atoms with E-state index in [0.29, 0.717) is 0 Å². The molecule has 1 aromatic carbocycles. The molecule has 0 aromatic heterocycles. The summed E-state index contributed by atoms with van der Waals surface area (Å²) in [7, 11) is -11.5. The summed E-state index contributed by atoms with van der Waals surface area (Å²) in [5, 5.41) is 5.46. The second-order valence-electron chi connectivity index (χ2n) is 5.07. The van der Waals surface area contributed by atoms with Crippen LogP contribution in [0.15, 0.2) is 24.3 Å². The predicted molar refractivity (Wildman–Crippen MR) is 93.5 cm³/mol. The Balaban J connectivity index is -0.000000114. The highest BCUT2D eigenvalue weighted by Gasteiger charge is 2.40. The van der Waals surface area contributed by atoms with Crippen molar-refractivity contribution in [1.82, 2.24) is 0 Å². The minimum Gasteiger partial charge on any atom is -0.808 e. The molecule has 0 aliphatic heterocycles. The zero-order valence-electron chi connectivity index (χ0n) is 15.3. The molecule has 0 saturated carbocycles. The van der Waals surface area contributed by atoms with Gasteiger partial charge in [0.1, 0.15) is 0 Å². The summed E-state index contributed by atoms with van der Waals surface area (Å²) in [6.45, 7) is 1.87. The van der Waals surface area contributed by atoms with Crippen LogP contribution in [0.3, 0.4) is 0 Å². The fraction of sp³-hybridized carbons (Fsp3) is 0.500. The van der Waals surface area contributed by atoms with E-state index in [4.69, 9.17) is 10.00 Å². The molecule has 19 N–H and O–H groups in total. The Labute approximate surface area is 161 Å². The molecule has 14 nitrogen and oxygen atoms in total. The van der Waals surface area contributed by atoms with Crippen LogP contribution in [0.25, 0.3) is 0 Å². The number of aliphatic hydroxyl groups is 1. The van der Waals surface area contributed by atoms with Gasteiger partial charge in [0.15, 0.2) is 12.7 Å². The van der Waals surface area contributed by atoms with E-state index >= 15 is 0 Å². The van der Waals surface area contributed by atoms with Crippen LogP contribution in [0.1, 0.15) is 24.0 Å². The number of quaternary nitrogens is 3. The molecule has 2 atom stereocenters. The van der Waals surface area contributed by atoms with Gasteiger partial charge >= 0.3 is 0 Å². The molecule has 0 fully saturated rings. The zero-order chi connectivity index (χ0) is 19.0. The van der Waals surface area contributed by atoms with Gasteiger partial charge in [-0.15, -0.1) is 0 Å². The lowest BCUT2D eigenvalue weighted by molar-refractivity contribution is -0.388. The maximum atomic E-state index is 10.5. The van der Waals surface area contributed by atoms with E-state index in [1.54, 1.807) is 0 Å². The first-order valence-electron chi connectivity index (χ1n) is 7.17. The topological polar surface area (TPSA) is 353 Å². The highest BCUT2D eigenvalue weighted by atomic mass is 31.2. The van der Waals surface area contributed by atoms with Crippen molar-refractivity contribution in [3.05, 3.63) is 35.4 Å². The molecule has 0 saturated heterocycles. The summed E-state index contributed by atoms with van der Waals surface area (Å²) in [4.78, 5) is 40.0. The summed E-state index contributed by atoms with van der Waals surface area (Å²) >= 11 is 0. The van der Waals surface area contributed by atoms with Crippen LogP contribution in [0.5, 0.6) is 0 Å². The highest BCUT2D eigenvalue weighted by molar-refractivity contribution is 7.70. The van der Waals surface area contributed by atoms with Crippen LogP contribution in [0.2, 0.25) is 0 Å². The molecular weight excluding hydrogens is 424 g/mol. The lowest BCUT2D eigenvalue weighted by atomic mass is 10.1. The van der Waals surface area contributed by atoms with Gasteiger partial charge in [0.25, 0.3) is 0 Å². The summed E-state index contributed by atoms with van der Waals surface area (Å²) < 4.78 is 21.0. The lowest BCUT2D eigenvalue weighted by Crippen LogP contribution is -2.51. The van der Waals surface area contributed by atoms with Crippen LogP contribution < -0.4 is 31.9 Å².